The maximum atomic E-state index is 10.8. The van der Waals surface area contributed by atoms with Gasteiger partial charge in [-0.15, -0.1) is 0 Å². The van der Waals surface area contributed by atoms with E-state index in [2.05, 4.69) is 9.88 Å². The molecule has 0 aliphatic rings. The SMILES string of the molecule is CCN(CC)CC(O)Cn1c([N+](=O)[O-])cnc1C. The van der Waals surface area contributed by atoms with Crippen molar-refractivity contribution in [2.75, 3.05) is 19.6 Å². The Morgan fingerprint density at radius 1 is 1.56 bits per heavy atom. The fraction of sp³-hybridized carbons (Fsp3) is 0.727. The first-order chi connectivity index (χ1) is 8.49. The summed E-state index contributed by atoms with van der Waals surface area (Å²) >= 11 is 0. The number of aryl methyl sites for hydroxylation is 1. The van der Waals surface area contributed by atoms with Gasteiger partial charge in [0.05, 0.1) is 0 Å². The van der Waals surface area contributed by atoms with E-state index >= 15 is 0 Å². The molecule has 0 bridgehead atoms. The van der Waals surface area contributed by atoms with Crippen molar-refractivity contribution in [3.8, 4) is 0 Å². The molecule has 18 heavy (non-hydrogen) atoms. The van der Waals surface area contributed by atoms with Gasteiger partial charge in [0.15, 0.2) is 5.82 Å². The number of nitro groups is 1. The van der Waals surface area contributed by atoms with Gasteiger partial charge in [-0.05, 0) is 18.0 Å². The van der Waals surface area contributed by atoms with Gasteiger partial charge >= 0.3 is 5.82 Å². The number of aliphatic hydroxyl groups excluding tert-OH is 1. The van der Waals surface area contributed by atoms with Crippen LogP contribution in [0.2, 0.25) is 0 Å². The largest absolute Gasteiger partial charge is 0.388 e. The lowest BCUT2D eigenvalue weighted by molar-refractivity contribution is -0.392. The van der Waals surface area contributed by atoms with Gasteiger partial charge in [-0.25, -0.2) is 9.55 Å². The highest BCUT2D eigenvalue weighted by Crippen LogP contribution is 2.14. The molecule has 102 valence electrons. The van der Waals surface area contributed by atoms with Crippen LogP contribution in [-0.2, 0) is 6.54 Å². The smallest absolute Gasteiger partial charge is 0.342 e. The third-order valence-corrected chi connectivity index (χ3v) is 2.98. The quantitative estimate of drug-likeness (QED) is 0.576. The minimum atomic E-state index is -0.642. The topological polar surface area (TPSA) is 84.4 Å². The molecule has 0 fully saturated rings. The number of rotatable bonds is 7. The molecule has 1 atom stereocenters. The van der Waals surface area contributed by atoms with Crippen LogP contribution in [0.4, 0.5) is 5.82 Å². The summed E-state index contributed by atoms with van der Waals surface area (Å²) in [6, 6.07) is 0. The second-order valence-corrected chi connectivity index (χ2v) is 4.17. The first-order valence-corrected chi connectivity index (χ1v) is 6.06. The van der Waals surface area contributed by atoms with Crippen LogP contribution < -0.4 is 0 Å². The molecule has 1 aromatic heterocycles. The average Bonchev–Trinajstić information content (AvgIpc) is 2.68. The molecule has 0 spiro atoms. The van der Waals surface area contributed by atoms with Gasteiger partial charge in [0.2, 0.25) is 0 Å². The summed E-state index contributed by atoms with van der Waals surface area (Å²) in [6.07, 6.45) is 0.580. The number of imidazole rings is 1. The van der Waals surface area contributed by atoms with Crippen molar-refractivity contribution in [3.63, 3.8) is 0 Å². The molecule has 1 rings (SSSR count). The molecule has 7 nitrogen and oxygen atoms in total. The molecule has 0 amide bonds. The van der Waals surface area contributed by atoms with E-state index in [9.17, 15) is 15.2 Å². The Morgan fingerprint density at radius 2 is 2.17 bits per heavy atom. The summed E-state index contributed by atoms with van der Waals surface area (Å²) < 4.78 is 1.44. The van der Waals surface area contributed by atoms with Gasteiger partial charge in [-0.3, -0.25) is 0 Å². The normalized spacial score (nSPS) is 12.9. The minimum Gasteiger partial charge on any atom is -0.388 e. The zero-order valence-corrected chi connectivity index (χ0v) is 11.0. The van der Waals surface area contributed by atoms with Crippen LogP contribution in [0, 0.1) is 17.0 Å². The predicted molar refractivity (Wildman–Crippen MR) is 67.4 cm³/mol. The summed E-state index contributed by atoms with van der Waals surface area (Å²) in [5.74, 6) is 0.464. The summed E-state index contributed by atoms with van der Waals surface area (Å²) in [4.78, 5) is 16.3. The van der Waals surface area contributed by atoms with Crippen molar-refractivity contribution in [2.45, 2.75) is 33.4 Å². The van der Waals surface area contributed by atoms with Crippen LogP contribution in [-0.4, -0.2) is 50.2 Å². The van der Waals surface area contributed by atoms with Gasteiger partial charge in [-0.1, -0.05) is 13.8 Å². The van der Waals surface area contributed by atoms with Crippen LogP contribution in [0.15, 0.2) is 6.20 Å². The lowest BCUT2D eigenvalue weighted by Crippen LogP contribution is -2.34. The monoisotopic (exact) mass is 256 g/mol. The Bertz CT molecular complexity index is 401. The molecule has 1 unspecified atom stereocenters. The third-order valence-electron chi connectivity index (χ3n) is 2.98. The van der Waals surface area contributed by atoms with Gasteiger partial charge in [0.25, 0.3) is 0 Å². The molecular formula is C11H20N4O3. The first-order valence-electron chi connectivity index (χ1n) is 6.06. The third kappa shape index (κ3) is 3.51. The molecule has 0 radical (unpaired) electrons. The van der Waals surface area contributed by atoms with Crippen molar-refractivity contribution in [1.29, 1.82) is 0 Å². The van der Waals surface area contributed by atoms with Crippen LogP contribution in [0.5, 0.6) is 0 Å². The van der Waals surface area contributed by atoms with Crippen molar-refractivity contribution in [2.24, 2.45) is 0 Å². The van der Waals surface area contributed by atoms with E-state index in [1.54, 1.807) is 6.92 Å². The molecule has 7 heteroatoms. The Hall–Kier alpha value is -1.47. The molecule has 1 heterocycles. The fourth-order valence-electron chi connectivity index (χ4n) is 1.88. The second-order valence-electron chi connectivity index (χ2n) is 4.17. The lowest BCUT2D eigenvalue weighted by atomic mass is 10.3. The van der Waals surface area contributed by atoms with Crippen LogP contribution >= 0.6 is 0 Å². The number of likely N-dealkylation sites (N-methyl/N-ethyl adjacent to an activating group) is 1. The van der Waals surface area contributed by atoms with Gasteiger partial charge in [0, 0.05) is 13.5 Å². The Kier molecular flexibility index (Phi) is 5.24. The van der Waals surface area contributed by atoms with Gasteiger partial charge < -0.3 is 20.1 Å². The van der Waals surface area contributed by atoms with Crippen molar-refractivity contribution >= 4 is 5.82 Å². The molecule has 0 aliphatic carbocycles. The molecule has 1 aromatic rings. The zero-order chi connectivity index (χ0) is 13.7. The van der Waals surface area contributed by atoms with Crippen LogP contribution in [0.1, 0.15) is 19.7 Å². The van der Waals surface area contributed by atoms with Crippen molar-refractivity contribution < 1.29 is 10.0 Å². The highest BCUT2D eigenvalue weighted by molar-refractivity contribution is 5.18. The second kappa shape index (κ2) is 6.46. The van der Waals surface area contributed by atoms with Gasteiger partial charge in [-0.2, -0.15) is 0 Å². The number of hydrogen-bond donors (Lipinski definition) is 1. The summed E-state index contributed by atoms with van der Waals surface area (Å²) in [6.45, 7) is 8.11. The highest BCUT2D eigenvalue weighted by Gasteiger charge is 2.21. The predicted octanol–water partition coefficient (Wildman–Crippen LogP) is 0.802. The zero-order valence-electron chi connectivity index (χ0n) is 11.0. The molecule has 1 N–H and O–H groups in total. The maximum absolute atomic E-state index is 10.8. The molecular weight excluding hydrogens is 236 g/mol. The summed E-state index contributed by atoms with van der Waals surface area (Å²) in [7, 11) is 0. The number of hydrogen-bond acceptors (Lipinski definition) is 5. The molecule has 0 aromatic carbocycles. The van der Waals surface area contributed by atoms with Crippen molar-refractivity contribution in [3.05, 3.63) is 22.1 Å². The highest BCUT2D eigenvalue weighted by atomic mass is 16.6. The van der Waals surface area contributed by atoms with Gasteiger partial charge in [0.1, 0.15) is 18.8 Å². The standard InChI is InChI=1S/C11H20N4O3/c1-4-13(5-2)7-10(16)8-14-9(3)12-6-11(14)15(17)18/h6,10,16H,4-5,7-8H2,1-3H3. The molecule has 0 saturated carbocycles. The van der Waals surface area contributed by atoms with E-state index in [-0.39, 0.29) is 12.4 Å². The van der Waals surface area contributed by atoms with E-state index < -0.39 is 11.0 Å². The van der Waals surface area contributed by atoms with Crippen molar-refractivity contribution in [1.82, 2.24) is 14.5 Å². The van der Waals surface area contributed by atoms with E-state index in [0.717, 1.165) is 13.1 Å². The maximum Gasteiger partial charge on any atom is 0.342 e. The van der Waals surface area contributed by atoms with E-state index in [0.29, 0.717) is 12.4 Å². The summed E-state index contributed by atoms with van der Waals surface area (Å²) in [5.41, 5.74) is 0. The Balaban J connectivity index is 2.72. The minimum absolute atomic E-state index is 0.0777. The average molecular weight is 256 g/mol. The lowest BCUT2D eigenvalue weighted by Gasteiger charge is -2.21. The van der Waals surface area contributed by atoms with E-state index in [1.165, 1.54) is 10.8 Å². The molecule has 0 aliphatic heterocycles. The number of aliphatic hydroxyl groups is 1. The molecule has 0 saturated heterocycles. The van der Waals surface area contributed by atoms with E-state index in [1.807, 2.05) is 13.8 Å². The Labute approximate surface area is 106 Å². The van der Waals surface area contributed by atoms with E-state index in [4.69, 9.17) is 0 Å². The summed E-state index contributed by atoms with van der Waals surface area (Å²) in [5, 5.41) is 20.8. The van der Waals surface area contributed by atoms with Crippen LogP contribution in [0.3, 0.4) is 0 Å². The first kappa shape index (κ1) is 14.6. The number of aromatic nitrogens is 2. The fourth-order valence-corrected chi connectivity index (χ4v) is 1.88. The van der Waals surface area contributed by atoms with Crippen LogP contribution in [0.25, 0.3) is 0 Å². The Morgan fingerprint density at radius 3 is 2.67 bits per heavy atom. The number of nitrogens with zero attached hydrogens (tertiary/aromatic N) is 4.